The molecule has 3 aromatic rings. The third-order valence-electron chi connectivity index (χ3n) is 4.23. The highest BCUT2D eigenvalue weighted by Crippen LogP contribution is 2.37. The van der Waals surface area contributed by atoms with Crippen LogP contribution >= 0.6 is 23.2 Å². The van der Waals surface area contributed by atoms with Gasteiger partial charge in [-0.3, -0.25) is 14.6 Å². The molecule has 31 heavy (non-hydrogen) atoms. The molecule has 0 aliphatic carbocycles. The van der Waals surface area contributed by atoms with Crippen molar-refractivity contribution in [2.75, 3.05) is 14.1 Å². The number of ether oxygens (including phenoxy) is 1. The molecule has 0 bridgehead atoms. The molecule has 0 fully saturated rings. The quantitative estimate of drug-likeness (QED) is 0.570. The Morgan fingerprint density at radius 3 is 2.32 bits per heavy atom. The monoisotopic (exact) mass is 466 g/mol. The Bertz CT molecular complexity index is 1270. The van der Waals surface area contributed by atoms with Gasteiger partial charge in [-0.05, 0) is 32.1 Å². The fourth-order valence-electron chi connectivity index (χ4n) is 2.76. The van der Waals surface area contributed by atoms with Crippen LogP contribution in [0.5, 0.6) is 11.6 Å². The van der Waals surface area contributed by atoms with Gasteiger partial charge in [0.05, 0.1) is 15.7 Å². The average molecular weight is 467 g/mol. The van der Waals surface area contributed by atoms with Crippen molar-refractivity contribution in [2.45, 2.75) is 26.3 Å². The van der Waals surface area contributed by atoms with Crippen LogP contribution in [0.1, 0.15) is 31.0 Å². The van der Waals surface area contributed by atoms with E-state index >= 15 is 0 Å². The Labute approximate surface area is 186 Å². The third kappa shape index (κ3) is 5.04. The predicted octanol–water partition coefficient (Wildman–Crippen LogP) is 2.29. The number of nitrogens with zero attached hydrogens (tertiary/aromatic N) is 4. The molecular formula is C19H20Cl2N6O4. The minimum absolute atomic E-state index is 0.0445. The second kappa shape index (κ2) is 9.04. The fraction of sp³-hybridized carbons (Fsp3) is 0.316. The zero-order chi connectivity index (χ0) is 22.9. The van der Waals surface area contributed by atoms with E-state index in [9.17, 15) is 14.4 Å². The van der Waals surface area contributed by atoms with E-state index in [0.717, 1.165) is 4.68 Å². The standard InChI is InChI=1S/C19H20Cl2N6O4/c1-9(2)11-7-15(23-24-17(11)28)31-16-12(20)5-10(6-13(16)21)27-19(30)22-18(29)14(25-27)8-26(3)4/h5-7,9H,8H2,1-4H3,(H,24,28)(H,22,29,30). The highest BCUT2D eigenvalue weighted by molar-refractivity contribution is 6.37. The number of H-pyrrole nitrogens is 2. The van der Waals surface area contributed by atoms with Crippen molar-refractivity contribution in [3.05, 3.63) is 70.7 Å². The Hall–Kier alpha value is -2.95. The maximum atomic E-state index is 12.3. The van der Waals surface area contributed by atoms with Gasteiger partial charge >= 0.3 is 5.69 Å². The van der Waals surface area contributed by atoms with Crippen molar-refractivity contribution in [1.82, 2.24) is 29.9 Å². The Morgan fingerprint density at radius 1 is 1.10 bits per heavy atom. The first-order valence-electron chi connectivity index (χ1n) is 9.21. The van der Waals surface area contributed by atoms with Gasteiger partial charge in [-0.25, -0.2) is 9.89 Å². The summed E-state index contributed by atoms with van der Waals surface area (Å²) in [6.07, 6.45) is 0. The number of nitrogens with one attached hydrogen (secondary N) is 2. The smallest absolute Gasteiger partial charge is 0.349 e. The summed E-state index contributed by atoms with van der Waals surface area (Å²) in [5, 5.41) is 10.5. The fourth-order valence-corrected chi connectivity index (χ4v) is 3.32. The number of hydrogen-bond donors (Lipinski definition) is 2. The molecule has 164 valence electrons. The van der Waals surface area contributed by atoms with E-state index in [1.54, 1.807) is 19.0 Å². The van der Waals surface area contributed by atoms with Crippen molar-refractivity contribution < 1.29 is 4.74 Å². The Morgan fingerprint density at radius 2 is 1.74 bits per heavy atom. The Balaban J connectivity index is 2.02. The Kier molecular flexibility index (Phi) is 6.63. The molecular weight excluding hydrogens is 447 g/mol. The van der Waals surface area contributed by atoms with Crippen LogP contribution in [0.25, 0.3) is 5.69 Å². The van der Waals surface area contributed by atoms with Gasteiger partial charge in [0.2, 0.25) is 5.88 Å². The number of benzene rings is 1. The lowest BCUT2D eigenvalue weighted by Crippen LogP contribution is -2.35. The predicted molar refractivity (Wildman–Crippen MR) is 117 cm³/mol. The number of hydrogen-bond acceptors (Lipinski definition) is 7. The van der Waals surface area contributed by atoms with Gasteiger partial charge in [0.1, 0.15) is 5.69 Å². The minimum Gasteiger partial charge on any atom is -0.434 e. The first-order chi connectivity index (χ1) is 14.6. The van der Waals surface area contributed by atoms with Crippen LogP contribution in [-0.4, -0.2) is 44.0 Å². The lowest BCUT2D eigenvalue weighted by atomic mass is 10.1. The van der Waals surface area contributed by atoms with Gasteiger partial charge in [-0.2, -0.15) is 9.78 Å². The summed E-state index contributed by atoms with van der Waals surface area (Å²) >= 11 is 12.7. The summed E-state index contributed by atoms with van der Waals surface area (Å²) in [5.74, 6) is 0.150. The summed E-state index contributed by atoms with van der Waals surface area (Å²) in [5.41, 5.74) is -0.746. The molecule has 0 spiro atoms. The van der Waals surface area contributed by atoms with Crippen molar-refractivity contribution in [3.8, 4) is 17.3 Å². The number of halogens is 2. The highest BCUT2D eigenvalue weighted by atomic mass is 35.5. The van der Waals surface area contributed by atoms with Crippen molar-refractivity contribution in [3.63, 3.8) is 0 Å². The minimum atomic E-state index is -0.739. The summed E-state index contributed by atoms with van der Waals surface area (Å²) in [7, 11) is 3.54. The number of aromatic amines is 2. The molecule has 10 nitrogen and oxygen atoms in total. The topological polar surface area (TPSA) is 126 Å². The molecule has 1 aromatic carbocycles. The number of aromatic nitrogens is 5. The van der Waals surface area contributed by atoms with Crippen molar-refractivity contribution in [2.24, 2.45) is 0 Å². The van der Waals surface area contributed by atoms with E-state index in [0.29, 0.717) is 5.56 Å². The van der Waals surface area contributed by atoms with Crippen molar-refractivity contribution >= 4 is 23.2 Å². The summed E-state index contributed by atoms with van der Waals surface area (Å²) < 4.78 is 6.68. The summed E-state index contributed by atoms with van der Waals surface area (Å²) in [6.45, 7) is 3.96. The lowest BCUT2D eigenvalue weighted by molar-refractivity contribution is 0.389. The van der Waals surface area contributed by atoms with Gasteiger partial charge in [-0.1, -0.05) is 37.0 Å². The molecule has 3 rings (SSSR count). The van der Waals surface area contributed by atoms with Gasteiger partial charge < -0.3 is 9.64 Å². The van der Waals surface area contributed by atoms with Crippen LogP contribution in [0.4, 0.5) is 0 Å². The zero-order valence-electron chi connectivity index (χ0n) is 17.2. The van der Waals surface area contributed by atoms with Crippen LogP contribution in [0, 0.1) is 0 Å². The van der Waals surface area contributed by atoms with Crippen LogP contribution in [0.2, 0.25) is 10.0 Å². The normalized spacial score (nSPS) is 11.4. The van der Waals surface area contributed by atoms with Crippen LogP contribution in [0.3, 0.4) is 0 Å². The maximum Gasteiger partial charge on any atom is 0.349 e. The molecule has 2 heterocycles. The maximum absolute atomic E-state index is 12.3. The molecule has 0 aliphatic heterocycles. The molecule has 0 amide bonds. The second-order valence-electron chi connectivity index (χ2n) is 7.34. The van der Waals surface area contributed by atoms with Crippen LogP contribution in [-0.2, 0) is 6.54 Å². The molecule has 2 N–H and O–H groups in total. The zero-order valence-corrected chi connectivity index (χ0v) is 18.7. The van der Waals surface area contributed by atoms with E-state index in [2.05, 4.69) is 20.3 Å². The van der Waals surface area contributed by atoms with Crippen LogP contribution in [0.15, 0.2) is 32.6 Å². The highest BCUT2D eigenvalue weighted by Gasteiger charge is 2.17. The van der Waals surface area contributed by atoms with E-state index in [1.165, 1.54) is 18.2 Å². The third-order valence-corrected chi connectivity index (χ3v) is 4.79. The SMILES string of the molecule is CC(C)c1cc(Oc2c(Cl)cc(-n3nc(CN(C)C)c(=O)[nH]c3=O)cc2Cl)n[nH]c1=O. The van der Waals surface area contributed by atoms with Crippen LogP contribution < -0.4 is 21.5 Å². The van der Waals surface area contributed by atoms with E-state index in [4.69, 9.17) is 27.9 Å². The molecule has 0 atom stereocenters. The molecule has 0 aliphatic rings. The summed E-state index contributed by atoms with van der Waals surface area (Å²) in [4.78, 5) is 40.1. The van der Waals surface area contributed by atoms with E-state index in [1.807, 2.05) is 13.8 Å². The largest absolute Gasteiger partial charge is 0.434 e. The molecule has 2 aromatic heterocycles. The number of rotatable bonds is 6. The molecule has 0 radical (unpaired) electrons. The summed E-state index contributed by atoms with van der Waals surface area (Å²) in [6, 6.07) is 4.35. The van der Waals surface area contributed by atoms with Gasteiger partial charge in [0.25, 0.3) is 11.1 Å². The molecule has 12 heteroatoms. The average Bonchev–Trinajstić information content (AvgIpc) is 2.67. The van der Waals surface area contributed by atoms with E-state index in [-0.39, 0.29) is 51.1 Å². The second-order valence-corrected chi connectivity index (χ2v) is 8.16. The first-order valence-corrected chi connectivity index (χ1v) is 9.96. The van der Waals surface area contributed by atoms with Gasteiger partial charge in [0, 0.05) is 18.2 Å². The van der Waals surface area contributed by atoms with Crippen molar-refractivity contribution in [1.29, 1.82) is 0 Å². The van der Waals surface area contributed by atoms with Gasteiger partial charge in [-0.15, -0.1) is 5.10 Å². The molecule has 0 unspecified atom stereocenters. The lowest BCUT2D eigenvalue weighted by Gasteiger charge is -2.13. The van der Waals surface area contributed by atoms with E-state index < -0.39 is 11.2 Å². The molecule has 0 saturated carbocycles. The first kappa shape index (κ1) is 22.7. The van der Waals surface area contributed by atoms with Gasteiger partial charge in [0.15, 0.2) is 5.75 Å². The molecule has 0 saturated heterocycles.